The predicted molar refractivity (Wildman–Crippen MR) is 64.7 cm³/mol. The summed E-state index contributed by atoms with van der Waals surface area (Å²) in [5.74, 6) is 1.30. The van der Waals surface area contributed by atoms with Crippen LogP contribution < -0.4 is 5.43 Å². The third kappa shape index (κ3) is 5.20. The van der Waals surface area contributed by atoms with Crippen LogP contribution in [-0.4, -0.2) is 61.7 Å². The van der Waals surface area contributed by atoms with Gasteiger partial charge in [0, 0.05) is 32.7 Å². The maximum atomic E-state index is 3.50. The van der Waals surface area contributed by atoms with E-state index in [-0.39, 0.29) is 0 Å². The summed E-state index contributed by atoms with van der Waals surface area (Å²) >= 11 is 1.94. The van der Waals surface area contributed by atoms with Gasteiger partial charge in [0.1, 0.15) is 0 Å². The van der Waals surface area contributed by atoms with E-state index in [0.717, 1.165) is 6.54 Å². The van der Waals surface area contributed by atoms with Gasteiger partial charge in [0.2, 0.25) is 0 Å². The van der Waals surface area contributed by atoms with Crippen LogP contribution in [0.25, 0.3) is 0 Å². The van der Waals surface area contributed by atoms with Crippen molar-refractivity contribution >= 4 is 11.8 Å². The standard InChI is InChI=1S/C10H23N3S/c1-12-6-8-13(9-7-12)11-5-3-4-10-14-2/h11H,3-10H2,1-2H3. The van der Waals surface area contributed by atoms with Crippen LogP contribution in [0.1, 0.15) is 12.8 Å². The molecular weight excluding hydrogens is 194 g/mol. The van der Waals surface area contributed by atoms with Gasteiger partial charge in [-0.15, -0.1) is 0 Å². The Morgan fingerprint density at radius 1 is 1.14 bits per heavy atom. The smallest absolute Gasteiger partial charge is 0.0259 e. The molecule has 1 fully saturated rings. The zero-order valence-electron chi connectivity index (χ0n) is 9.46. The molecule has 0 saturated carbocycles. The van der Waals surface area contributed by atoms with Crippen LogP contribution in [0.15, 0.2) is 0 Å². The number of rotatable bonds is 6. The van der Waals surface area contributed by atoms with E-state index in [1.54, 1.807) is 0 Å². The van der Waals surface area contributed by atoms with Gasteiger partial charge in [-0.3, -0.25) is 5.43 Å². The Kier molecular flexibility index (Phi) is 6.60. The number of hydrogen-bond acceptors (Lipinski definition) is 4. The fourth-order valence-corrected chi connectivity index (χ4v) is 2.07. The predicted octanol–water partition coefficient (Wildman–Crippen LogP) is 0.882. The van der Waals surface area contributed by atoms with Gasteiger partial charge in [0.05, 0.1) is 0 Å². The highest BCUT2D eigenvalue weighted by atomic mass is 32.2. The minimum atomic E-state index is 1.14. The third-order valence-corrected chi connectivity index (χ3v) is 3.31. The molecule has 1 saturated heterocycles. The van der Waals surface area contributed by atoms with Gasteiger partial charge >= 0.3 is 0 Å². The molecule has 0 aromatic rings. The van der Waals surface area contributed by atoms with Gasteiger partial charge < -0.3 is 4.90 Å². The van der Waals surface area contributed by atoms with E-state index in [4.69, 9.17) is 0 Å². The summed E-state index contributed by atoms with van der Waals surface area (Å²) in [5, 5.41) is 2.36. The second kappa shape index (κ2) is 7.51. The molecule has 0 spiro atoms. The molecule has 84 valence electrons. The molecule has 0 amide bonds. The Morgan fingerprint density at radius 3 is 2.50 bits per heavy atom. The van der Waals surface area contributed by atoms with Gasteiger partial charge in [-0.2, -0.15) is 11.8 Å². The highest BCUT2D eigenvalue weighted by Crippen LogP contribution is 1.99. The molecule has 14 heavy (non-hydrogen) atoms. The van der Waals surface area contributed by atoms with Crippen molar-refractivity contribution in [3.05, 3.63) is 0 Å². The molecule has 0 radical (unpaired) electrons. The van der Waals surface area contributed by atoms with E-state index in [0.29, 0.717) is 0 Å². The summed E-state index contributed by atoms with van der Waals surface area (Å²) in [4.78, 5) is 2.38. The van der Waals surface area contributed by atoms with E-state index >= 15 is 0 Å². The van der Waals surface area contributed by atoms with Crippen LogP contribution in [0.4, 0.5) is 0 Å². The van der Waals surface area contributed by atoms with E-state index in [1.807, 2.05) is 11.8 Å². The lowest BCUT2D eigenvalue weighted by molar-refractivity contribution is 0.104. The molecular formula is C10H23N3S. The van der Waals surface area contributed by atoms with Crippen molar-refractivity contribution in [3.8, 4) is 0 Å². The molecule has 0 aromatic heterocycles. The minimum Gasteiger partial charge on any atom is -0.304 e. The molecule has 4 heteroatoms. The molecule has 0 aliphatic carbocycles. The second-order valence-electron chi connectivity index (χ2n) is 3.90. The molecule has 0 bridgehead atoms. The maximum Gasteiger partial charge on any atom is 0.0259 e. The zero-order chi connectivity index (χ0) is 10.2. The van der Waals surface area contributed by atoms with E-state index in [2.05, 4.69) is 28.6 Å². The average Bonchev–Trinajstić information content (AvgIpc) is 2.21. The summed E-state index contributed by atoms with van der Waals surface area (Å²) in [6.07, 6.45) is 4.81. The molecule has 1 N–H and O–H groups in total. The molecule has 1 heterocycles. The number of hydrogen-bond donors (Lipinski definition) is 1. The first-order valence-corrected chi connectivity index (χ1v) is 6.88. The van der Waals surface area contributed by atoms with Crippen LogP contribution in [0.5, 0.6) is 0 Å². The lowest BCUT2D eigenvalue weighted by Crippen LogP contribution is -2.50. The summed E-state index contributed by atoms with van der Waals surface area (Å²) in [7, 11) is 2.19. The van der Waals surface area contributed by atoms with Gasteiger partial charge in [-0.25, -0.2) is 5.01 Å². The Bertz CT molecular complexity index is 135. The number of unbranched alkanes of at least 4 members (excludes halogenated alkanes) is 1. The molecule has 1 aliphatic rings. The van der Waals surface area contributed by atoms with Crippen molar-refractivity contribution < 1.29 is 0 Å². The molecule has 0 unspecified atom stereocenters. The topological polar surface area (TPSA) is 18.5 Å². The highest BCUT2D eigenvalue weighted by Gasteiger charge is 2.12. The Labute approximate surface area is 92.2 Å². The van der Waals surface area contributed by atoms with Gasteiger partial charge in [-0.1, -0.05) is 0 Å². The quantitative estimate of drug-likeness (QED) is 0.666. The second-order valence-corrected chi connectivity index (χ2v) is 4.88. The molecule has 1 aliphatic heterocycles. The summed E-state index contributed by atoms with van der Waals surface area (Å²) in [6, 6.07) is 0. The fraction of sp³-hybridized carbons (Fsp3) is 1.00. The first-order valence-electron chi connectivity index (χ1n) is 5.49. The van der Waals surface area contributed by atoms with Crippen LogP contribution >= 0.6 is 11.8 Å². The van der Waals surface area contributed by atoms with E-state index < -0.39 is 0 Å². The Balaban J connectivity index is 1.91. The van der Waals surface area contributed by atoms with Crippen molar-refractivity contribution in [2.75, 3.05) is 51.8 Å². The van der Waals surface area contributed by atoms with Crippen LogP contribution in [-0.2, 0) is 0 Å². The van der Waals surface area contributed by atoms with Crippen molar-refractivity contribution in [1.29, 1.82) is 0 Å². The van der Waals surface area contributed by atoms with E-state index in [9.17, 15) is 0 Å². The normalized spacial score (nSPS) is 20.1. The Hall–Kier alpha value is 0.230. The molecule has 0 atom stereocenters. The van der Waals surface area contributed by atoms with Crippen molar-refractivity contribution in [1.82, 2.24) is 15.3 Å². The molecule has 0 aromatic carbocycles. The van der Waals surface area contributed by atoms with E-state index in [1.165, 1.54) is 44.8 Å². The highest BCUT2D eigenvalue weighted by molar-refractivity contribution is 7.98. The summed E-state index contributed by atoms with van der Waals surface area (Å²) in [6.45, 7) is 5.86. The van der Waals surface area contributed by atoms with Crippen LogP contribution in [0, 0.1) is 0 Å². The number of likely N-dealkylation sites (N-methyl/N-ethyl adjacent to an activating group) is 1. The number of thioether (sulfide) groups is 1. The minimum absolute atomic E-state index is 1.14. The monoisotopic (exact) mass is 217 g/mol. The number of hydrazine groups is 1. The zero-order valence-corrected chi connectivity index (χ0v) is 10.3. The fourth-order valence-electron chi connectivity index (χ4n) is 1.57. The van der Waals surface area contributed by atoms with Gasteiger partial charge in [0.15, 0.2) is 0 Å². The Morgan fingerprint density at radius 2 is 1.86 bits per heavy atom. The maximum absolute atomic E-state index is 3.50. The van der Waals surface area contributed by atoms with Gasteiger partial charge in [0.25, 0.3) is 0 Å². The van der Waals surface area contributed by atoms with Crippen molar-refractivity contribution in [2.24, 2.45) is 0 Å². The average molecular weight is 217 g/mol. The molecule has 3 nitrogen and oxygen atoms in total. The van der Waals surface area contributed by atoms with Crippen molar-refractivity contribution in [3.63, 3.8) is 0 Å². The number of piperazine rings is 1. The first-order chi connectivity index (χ1) is 6.83. The lowest BCUT2D eigenvalue weighted by Gasteiger charge is -2.32. The number of nitrogens with zero attached hydrogens (tertiary/aromatic N) is 2. The number of nitrogens with one attached hydrogen (secondary N) is 1. The summed E-state index contributed by atoms with van der Waals surface area (Å²) < 4.78 is 0. The van der Waals surface area contributed by atoms with Crippen molar-refractivity contribution in [2.45, 2.75) is 12.8 Å². The SMILES string of the molecule is CSCCCCNN1CCN(C)CC1. The third-order valence-electron chi connectivity index (χ3n) is 2.61. The lowest BCUT2D eigenvalue weighted by atomic mass is 10.3. The molecule has 1 rings (SSSR count). The van der Waals surface area contributed by atoms with Gasteiger partial charge in [-0.05, 0) is 31.9 Å². The summed E-state index contributed by atoms with van der Waals surface area (Å²) in [5.41, 5.74) is 3.50. The first kappa shape index (κ1) is 12.3. The van der Waals surface area contributed by atoms with Crippen LogP contribution in [0.3, 0.4) is 0 Å². The van der Waals surface area contributed by atoms with Crippen LogP contribution in [0.2, 0.25) is 0 Å². The largest absolute Gasteiger partial charge is 0.304 e.